The minimum atomic E-state index is 0.105. The molecule has 3 aliphatic rings. The Morgan fingerprint density at radius 2 is 1.81 bits per heavy atom. The van der Waals surface area contributed by atoms with E-state index in [4.69, 9.17) is 0 Å². The first-order valence-electron chi connectivity index (χ1n) is 9.95. The summed E-state index contributed by atoms with van der Waals surface area (Å²) in [5.41, 5.74) is 2.77. The van der Waals surface area contributed by atoms with E-state index in [2.05, 4.69) is 26.0 Å². The van der Waals surface area contributed by atoms with E-state index in [0.717, 1.165) is 37.7 Å². The quantitative estimate of drug-likeness (QED) is 0.831. The molecule has 0 aromatic carbocycles. The molecule has 3 fully saturated rings. The second kappa shape index (κ2) is 6.32. The molecule has 0 spiro atoms. The maximum atomic E-state index is 12.9. The lowest BCUT2D eigenvalue weighted by Gasteiger charge is -2.26. The predicted molar refractivity (Wildman–Crippen MR) is 102 cm³/mol. The lowest BCUT2D eigenvalue weighted by Crippen LogP contribution is -2.34. The molecule has 2 saturated heterocycles. The molecule has 2 aliphatic heterocycles. The zero-order chi connectivity index (χ0) is 18.5. The van der Waals surface area contributed by atoms with E-state index in [1.54, 1.807) is 11.0 Å². The minimum Gasteiger partial charge on any atom is -0.356 e. The number of anilines is 1. The van der Waals surface area contributed by atoms with E-state index in [0.29, 0.717) is 23.4 Å². The third-order valence-electron chi connectivity index (χ3n) is 6.52. The number of carbonyl (C=O) groups is 1. The normalized spacial score (nSPS) is 25.0. The van der Waals surface area contributed by atoms with Gasteiger partial charge in [-0.1, -0.05) is 6.42 Å². The molecule has 0 N–H and O–H groups in total. The van der Waals surface area contributed by atoms with Crippen molar-refractivity contribution >= 4 is 11.7 Å². The summed E-state index contributed by atoms with van der Waals surface area (Å²) < 4.78 is 1.70. The van der Waals surface area contributed by atoms with Crippen LogP contribution < -0.4 is 4.90 Å². The summed E-state index contributed by atoms with van der Waals surface area (Å²) in [6.45, 7) is 5.52. The van der Waals surface area contributed by atoms with Crippen LogP contribution in [0.5, 0.6) is 0 Å². The highest BCUT2D eigenvalue weighted by Gasteiger charge is 2.42. The second-order valence-electron chi connectivity index (χ2n) is 8.36. The lowest BCUT2D eigenvalue weighted by atomic mass is 9.83. The molecule has 2 aromatic rings. The van der Waals surface area contributed by atoms with Crippen LogP contribution in [0.4, 0.5) is 5.82 Å². The molecule has 1 saturated carbocycles. The average molecular weight is 366 g/mol. The minimum absolute atomic E-state index is 0.105. The summed E-state index contributed by atoms with van der Waals surface area (Å²) in [6.07, 6.45) is 5.55. The van der Waals surface area contributed by atoms with Gasteiger partial charge < -0.3 is 9.80 Å². The van der Waals surface area contributed by atoms with Crippen LogP contribution in [0.1, 0.15) is 47.1 Å². The molecule has 2 aromatic heterocycles. The molecule has 27 heavy (non-hydrogen) atoms. The monoisotopic (exact) mass is 366 g/mol. The van der Waals surface area contributed by atoms with Gasteiger partial charge in [0.15, 0.2) is 0 Å². The summed E-state index contributed by atoms with van der Waals surface area (Å²) in [7, 11) is 1.84. The molecule has 7 nitrogen and oxygen atoms in total. The maximum absolute atomic E-state index is 12.9. The number of amides is 1. The van der Waals surface area contributed by atoms with Crippen molar-refractivity contribution in [3.63, 3.8) is 0 Å². The van der Waals surface area contributed by atoms with Gasteiger partial charge in [-0.3, -0.25) is 9.48 Å². The number of hydrogen-bond donors (Lipinski definition) is 0. The van der Waals surface area contributed by atoms with Crippen molar-refractivity contribution in [1.29, 1.82) is 0 Å². The first-order valence-corrected chi connectivity index (χ1v) is 9.95. The molecule has 0 bridgehead atoms. The molecule has 142 valence electrons. The van der Waals surface area contributed by atoms with Gasteiger partial charge in [-0.25, -0.2) is 9.97 Å². The molecule has 1 aliphatic carbocycles. The van der Waals surface area contributed by atoms with E-state index in [1.165, 1.54) is 25.0 Å². The zero-order valence-corrected chi connectivity index (χ0v) is 16.0. The molecular formula is C20H26N6O. The van der Waals surface area contributed by atoms with Crippen LogP contribution in [-0.4, -0.2) is 56.7 Å². The van der Waals surface area contributed by atoms with E-state index in [-0.39, 0.29) is 5.91 Å². The predicted octanol–water partition coefficient (Wildman–Crippen LogP) is 1.99. The number of fused-ring (bicyclic) bond motifs is 1. The van der Waals surface area contributed by atoms with Crippen LogP contribution in [0, 0.1) is 18.8 Å². The van der Waals surface area contributed by atoms with Crippen LogP contribution in [0.3, 0.4) is 0 Å². The number of aryl methyl sites for hydroxylation is 2. The number of likely N-dealkylation sites (tertiary alicyclic amines) is 1. The van der Waals surface area contributed by atoms with Gasteiger partial charge in [0.1, 0.15) is 17.8 Å². The van der Waals surface area contributed by atoms with Gasteiger partial charge in [-0.05, 0) is 25.8 Å². The molecule has 5 rings (SSSR count). The van der Waals surface area contributed by atoms with E-state index in [9.17, 15) is 4.79 Å². The fourth-order valence-corrected chi connectivity index (χ4v) is 4.78. The summed E-state index contributed by atoms with van der Waals surface area (Å²) in [4.78, 5) is 26.3. The molecule has 7 heteroatoms. The van der Waals surface area contributed by atoms with Crippen LogP contribution in [-0.2, 0) is 7.05 Å². The Labute approximate surface area is 159 Å². The van der Waals surface area contributed by atoms with Gasteiger partial charge in [0.25, 0.3) is 5.91 Å². The van der Waals surface area contributed by atoms with Gasteiger partial charge in [0.2, 0.25) is 0 Å². The highest BCUT2D eigenvalue weighted by Crippen LogP contribution is 2.38. The number of nitrogens with zero attached hydrogens (tertiary/aromatic N) is 6. The fraction of sp³-hybridized carbons (Fsp3) is 0.600. The van der Waals surface area contributed by atoms with E-state index >= 15 is 0 Å². The second-order valence-corrected chi connectivity index (χ2v) is 8.36. The third kappa shape index (κ3) is 2.89. The van der Waals surface area contributed by atoms with Crippen molar-refractivity contribution in [3.05, 3.63) is 35.5 Å². The Kier molecular flexibility index (Phi) is 3.91. The highest BCUT2D eigenvalue weighted by atomic mass is 16.2. The first-order chi connectivity index (χ1) is 13.1. The standard InChI is InChI=1S/C20H26N6O/c1-13-6-18(24(2)23-13)20(27)26-10-15-8-25(9-16(15)11-26)19-7-17(21-12-22-19)14-4-3-5-14/h6-7,12,14-16H,3-5,8-11H2,1-2H3. The Morgan fingerprint density at radius 3 is 2.41 bits per heavy atom. The number of rotatable bonds is 3. The highest BCUT2D eigenvalue weighted by molar-refractivity contribution is 5.93. The van der Waals surface area contributed by atoms with Crippen molar-refractivity contribution in [2.24, 2.45) is 18.9 Å². The van der Waals surface area contributed by atoms with E-state index in [1.807, 2.05) is 24.9 Å². The fourth-order valence-electron chi connectivity index (χ4n) is 4.78. The summed E-state index contributed by atoms with van der Waals surface area (Å²) in [5, 5.41) is 4.31. The Hall–Kier alpha value is -2.44. The molecular weight excluding hydrogens is 340 g/mol. The van der Waals surface area contributed by atoms with Gasteiger partial charge in [0.05, 0.1) is 5.69 Å². The Balaban J connectivity index is 1.26. The van der Waals surface area contributed by atoms with Crippen LogP contribution in [0.2, 0.25) is 0 Å². The summed E-state index contributed by atoms with van der Waals surface area (Å²) in [6, 6.07) is 4.07. The molecule has 2 atom stereocenters. The Bertz CT molecular complexity index is 859. The van der Waals surface area contributed by atoms with Gasteiger partial charge in [0, 0.05) is 62.7 Å². The van der Waals surface area contributed by atoms with Crippen molar-refractivity contribution in [3.8, 4) is 0 Å². The van der Waals surface area contributed by atoms with Crippen molar-refractivity contribution in [1.82, 2.24) is 24.6 Å². The van der Waals surface area contributed by atoms with Crippen molar-refractivity contribution < 1.29 is 4.79 Å². The number of aromatic nitrogens is 4. The topological polar surface area (TPSA) is 67.2 Å². The molecule has 1 amide bonds. The zero-order valence-electron chi connectivity index (χ0n) is 16.0. The largest absolute Gasteiger partial charge is 0.356 e. The van der Waals surface area contributed by atoms with Crippen LogP contribution in [0.15, 0.2) is 18.5 Å². The van der Waals surface area contributed by atoms with Crippen LogP contribution in [0.25, 0.3) is 0 Å². The first kappa shape index (κ1) is 16.7. The van der Waals surface area contributed by atoms with E-state index < -0.39 is 0 Å². The molecule has 4 heterocycles. The van der Waals surface area contributed by atoms with Gasteiger partial charge in [-0.2, -0.15) is 5.10 Å². The van der Waals surface area contributed by atoms with Crippen molar-refractivity contribution in [2.75, 3.05) is 31.1 Å². The summed E-state index contributed by atoms with van der Waals surface area (Å²) in [5.74, 6) is 2.83. The number of carbonyl (C=O) groups excluding carboxylic acids is 1. The molecule has 0 radical (unpaired) electrons. The Morgan fingerprint density at radius 1 is 1.07 bits per heavy atom. The smallest absolute Gasteiger partial charge is 0.272 e. The van der Waals surface area contributed by atoms with Gasteiger partial charge in [-0.15, -0.1) is 0 Å². The van der Waals surface area contributed by atoms with Gasteiger partial charge >= 0.3 is 0 Å². The molecule has 2 unspecified atom stereocenters. The lowest BCUT2D eigenvalue weighted by molar-refractivity contribution is 0.0771. The average Bonchev–Trinajstić information content (AvgIpc) is 3.25. The number of hydrogen-bond acceptors (Lipinski definition) is 5. The SMILES string of the molecule is Cc1cc(C(=O)N2CC3CN(c4cc(C5CCC5)ncn4)CC3C2)n(C)n1. The van der Waals surface area contributed by atoms with Crippen LogP contribution >= 0.6 is 0 Å². The van der Waals surface area contributed by atoms with Crippen molar-refractivity contribution in [2.45, 2.75) is 32.1 Å². The third-order valence-corrected chi connectivity index (χ3v) is 6.52. The summed E-state index contributed by atoms with van der Waals surface area (Å²) >= 11 is 0. The maximum Gasteiger partial charge on any atom is 0.272 e.